The summed E-state index contributed by atoms with van der Waals surface area (Å²) in [5.41, 5.74) is 0.895. The number of rotatable bonds is 2. The van der Waals surface area contributed by atoms with Crippen molar-refractivity contribution in [1.29, 1.82) is 0 Å². The Morgan fingerprint density at radius 1 is 1.39 bits per heavy atom. The van der Waals surface area contributed by atoms with E-state index < -0.39 is 0 Å². The molecular weight excluding hydrogens is 230 g/mol. The molecule has 1 aliphatic rings. The van der Waals surface area contributed by atoms with E-state index in [-0.39, 0.29) is 0 Å². The fourth-order valence-corrected chi connectivity index (χ4v) is 2.07. The van der Waals surface area contributed by atoms with Crippen molar-refractivity contribution in [2.24, 2.45) is 0 Å². The van der Waals surface area contributed by atoms with Crippen molar-refractivity contribution in [3.8, 4) is 11.4 Å². The summed E-state index contributed by atoms with van der Waals surface area (Å²) in [6, 6.07) is 2.32. The minimum absolute atomic E-state index is 0.461. The van der Waals surface area contributed by atoms with Crippen LogP contribution < -0.4 is 10.2 Å². The second-order valence-electron chi connectivity index (χ2n) is 4.42. The van der Waals surface area contributed by atoms with Gasteiger partial charge in [0.15, 0.2) is 5.82 Å². The number of hydrogen-bond donors (Lipinski definition) is 2. The third-order valence-electron chi connectivity index (χ3n) is 2.98. The lowest BCUT2D eigenvalue weighted by atomic mass is 10.2. The van der Waals surface area contributed by atoms with Crippen LogP contribution in [0.2, 0.25) is 0 Å². The smallest absolute Gasteiger partial charge is 0.245 e. The van der Waals surface area contributed by atoms with E-state index in [1.807, 2.05) is 6.07 Å². The molecule has 0 saturated carbocycles. The quantitative estimate of drug-likeness (QED) is 0.778. The number of nitrogens with one attached hydrogen (secondary N) is 2. The van der Waals surface area contributed by atoms with E-state index in [1.54, 1.807) is 12.4 Å². The van der Waals surface area contributed by atoms with Crippen LogP contribution in [0.15, 0.2) is 18.5 Å². The monoisotopic (exact) mass is 245 g/mol. The highest BCUT2D eigenvalue weighted by atomic mass is 15.4. The average molecular weight is 245 g/mol. The summed E-state index contributed by atoms with van der Waals surface area (Å²) in [4.78, 5) is 6.68. The zero-order valence-electron chi connectivity index (χ0n) is 10.2. The number of aromatic amines is 1. The molecule has 0 aliphatic carbocycles. The normalized spacial score (nSPS) is 20.1. The van der Waals surface area contributed by atoms with Gasteiger partial charge in [-0.25, -0.2) is 0 Å². The Hall–Kier alpha value is -2.02. The van der Waals surface area contributed by atoms with Gasteiger partial charge in [0.05, 0.1) is 12.4 Å². The van der Waals surface area contributed by atoms with Crippen LogP contribution in [0.3, 0.4) is 0 Å². The maximum absolute atomic E-state index is 4.50. The summed E-state index contributed by atoms with van der Waals surface area (Å²) < 4.78 is 0. The molecule has 7 heteroatoms. The van der Waals surface area contributed by atoms with E-state index >= 15 is 0 Å². The molecule has 2 N–H and O–H groups in total. The van der Waals surface area contributed by atoms with E-state index in [2.05, 4.69) is 42.5 Å². The van der Waals surface area contributed by atoms with E-state index in [1.165, 1.54) is 0 Å². The molecule has 7 nitrogen and oxygen atoms in total. The Morgan fingerprint density at radius 3 is 3.11 bits per heavy atom. The van der Waals surface area contributed by atoms with Crippen LogP contribution in [-0.2, 0) is 0 Å². The lowest BCUT2D eigenvalue weighted by molar-refractivity contribution is 0.480. The minimum Gasteiger partial charge on any atom is -0.337 e. The summed E-state index contributed by atoms with van der Waals surface area (Å²) in [6.07, 6.45) is 3.31. The molecule has 0 aromatic carbocycles. The van der Waals surface area contributed by atoms with Crippen LogP contribution >= 0.6 is 0 Å². The molecule has 1 fully saturated rings. The molecule has 3 heterocycles. The van der Waals surface area contributed by atoms with Crippen molar-refractivity contribution in [3.05, 3.63) is 18.5 Å². The predicted octanol–water partition coefficient (Wildman–Crippen LogP) is 0.0598. The molecule has 1 saturated heterocycles. The van der Waals surface area contributed by atoms with Gasteiger partial charge in [0.2, 0.25) is 5.95 Å². The summed E-state index contributed by atoms with van der Waals surface area (Å²) >= 11 is 0. The zero-order valence-corrected chi connectivity index (χ0v) is 10.2. The van der Waals surface area contributed by atoms with Crippen LogP contribution in [0.4, 0.5) is 5.95 Å². The Morgan fingerprint density at radius 2 is 2.33 bits per heavy atom. The van der Waals surface area contributed by atoms with Crippen molar-refractivity contribution in [1.82, 2.24) is 30.7 Å². The van der Waals surface area contributed by atoms with Crippen LogP contribution in [0.1, 0.15) is 6.92 Å². The summed E-state index contributed by atoms with van der Waals surface area (Å²) in [5.74, 6) is 1.47. The minimum atomic E-state index is 0.461. The van der Waals surface area contributed by atoms with Gasteiger partial charge in [0.25, 0.3) is 0 Å². The maximum Gasteiger partial charge on any atom is 0.245 e. The SMILES string of the molecule is CC1CN(c2n[nH]c(-c3ccnnc3)n2)CCN1. The highest BCUT2D eigenvalue weighted by Crippen LogP contribution is 2.16. The number of anilines is 1. The maximum atomic E-state index is 4.50. The van der Waals surface area contributed by atoms with E-state index in [0.29, 0.717) is 6.04 Å². The largest absolute Gasteiger partial charge is 0.337 e. The molecule has 2 aromatic heterocycles. The van der Waals surface area contributed by atoms with Crippen molar-refractivity contribution in [3.63, 3.8) is 0 Å². The molecule has 0 radical (unpaired) electrons. The number of hydrogen-bond acceptors (Lipinski definition) is 6. The molecule has 94 valence electrons. The van der Waals surface area contributed by atoms with E-state index in [9.17, 15) is 0 Å². The first-order valence-electron chi connectivity index (χ1n) is 6.01. The molecule has 1 unspecified atom stereocenters. The first-order valence-corrected chi connectivity index (χ1v) is 6.01. The van der Waals surface area contributed by atoms with Gasteiger partial charge in [-0.2, -0.15) is 15.2 Å². The van der Waals surface area contributed by atoms with Crippen LogP contribution in [0.5, 0.6) is 0 Å². The van der Waals surface area contributed by atoms with Crippen molar-refractivity contribution in [2.75, 3.05) is 24.5 Å². The molecule has 2 aromatic rings. The topological polar surface area (TPSA) is 82.6 Å². The highest BCUT2D eigenvalue weighted by molar-refractivity contribution is 5.54. The molecule has 0 amide bonds. The second kappa shape index (κ2) is 4.69. The van der Waals surface area contributed by atoms with E-state index in [0.717, 1.165) is 37.0 Å². The third kappa shape index (κ3) is 2.17. The Balaban J connectivity index is 1.81. The number of H-pyrrole nitrogens is 1. The fraction of sp³-hybridized carbons (Fsp3) is 0.455. The molecule has 0 bridgehead atoms. The van der Waals surface area contributed by atoms with Gasteiger partial charge in [-0.15, -0.1) is 5.10 Å². The molecule has 3 rings (SSSR count). The summed E-state index contributed by atoms with van der Waals surface area (Å²) in [7, 11) is 0. The van der Waals surface area contributed by atoms with E-state index in [4.69, 9.17) is 0 Å². The first-order chi connectivity index (χ1) is 8.83. The molecule has 18 heavy (non-hydrogen) atoms. The van der Waals surface area contributed by atoms with Crippen LogP contribution in [-0.4, -0.2) is 51.1 Å². The predicted molar refractivity (Wildman–Crippen MR) is 67.1 cm³/mol. The van der Waals surface area contributed by atoms with Crippen molar-refractivity contribution >= 4 is 5.95 Å². The van der Waals surface area contributed by atoms with Crippen LogP contribution in [0.25, 0.3) is 11.4 Å². The fourth-order valence-electron chi connectivity index (χ4n) is 2.07. The van der Waals surface area contributed by atoms with Gasteiger partial charge in [-0.05, 0) is 13.0 Å². The Bertz CT molecular complexity index is 509. The van der Waals surface area contributed by atoms with Gasteiger partial charge in [-0.3, -0.25) is 5.10 Å². The summed E-state index contributed by atoms with van der Waals surface area (Å²) in [5, 5.41) is 18.2. The number of aromatic nitrogens is 5. The van der Waals surface area contributed by atoms with Crippen molar-refractivity contribution in [2.45, 2.75) is 13.0 Å². The second-order valence-corrected chi connectivity index (χ2v) is 4.42. The standard InChI is InChI=1S/C11H15N7/c1-8-7-18(5-4-12-8)11-15-10(16-17-11)9-2-3-13-14-6-9/h2-3,6,8,12H,4-5,7H2,1H3,(H,15,16,17). The third-order valence-corrected chi connectivity index (χ3v) is 2.98. The lowest BCUT2D eigenvalue weighted by Gasteiger charge is -2.30. The Labute approximate surface area is 105 Å². The molecule has 0 spiro atoms. The van der Waals surface area contributed by atoms with Gasteiger partial charge < -0.3 is 10.2 Å². The van der Waals surface area contributed by atoms with Gasteiger partial charge in [0, 0.05) is 31.2 Å². The van der Waals surface area contributed by atoms with Crippen molar-refractivity contribution < 1.29 is 0 Å². The first kappa shape index (κ1) is 11.1. The van der Waals surface area contributed by atoms with Crippen LogP contribution in [0, 0.1) is 0 Å². The zero-order chi connectivity index (χ0) is 12.4. The number of nitrogens with zero attached hydrogens (tertiary/aromatic N) is 5. The Kier molecular flexibility index (Phi) is 2.89. The molecular formula is C11H15N7. The van der Waals surface area contributed by atoms with Gasteiger partial charge in [0.1, 0.15) is 0 Å². The van der Waals surface area contributed by atoms with Gasteiger partial charge >= 0.3 is 0 Å². The molecule has 1 atom stereocenters. The molecule has 1 aliphatic heterocycles. The summed E-state index contributed by atoms with van der Waals surface area (Å²) in [6.45, 7) is 4.97. The highest BCUT2D eigenvalue weighted by Gasteiger charge is 2.19. The van der Waals surface area contributed by atoms with Gasteiger partial charge in [-0.1, -0.05) is 0 Å². The average Bonchev–Trinajstić information content (AvgIpc) is 2.89. The number of piperazine rings is 1. The lowest BCUT2D eigenvalue weighted by Crippen LogP contribution is -2.49.